The number of halogens is 1. The Bertz CT molecular complexity index is 518. The number of nitrogens with one attached hydrogen (secondary N) is 2. The van der Waals surface area contributed by atoms with Crippen LogP contribution in [-0.4, -0.2) is 19.0 Å². The van der Waals surface area contributed by atoms with Crippen molar-refractivity contribution in [1.82, 2.24) is 5.32 Å². The first-order valence-corrected chi connectivity index (χ1v) is 6.89. The van der Waals surface area contributed by atoms with E-state index in [4.69, 9.17) is 5.26 Å². The van der Waals surface area contributed by atoms with E-state index in [-0.39, 0.29) is 11.5 Å². The third-order valence-corrected chi connectivity index (χ3v) is 3.55. The maximum Gasteiger partial charge on any atom is 0.224 e. The first-order chi connectivity index (χ1) is 9.69. The molecule has 0 aromatic heterocycles. The number of rotatable bonds is 4. The number of nitriles is 1. The van der Waals surface area contributed by atoms with Gasteiger partial charge in [-0.25, -0.2) is 4.39 Å². The number of hydrogen-bond donors (Lipinski definition) is 2. The lowest BCUT2D eigenvalue weighted by atomic mass is 9.94. The van der Waals surface area contributed by atoms with Crippen LogP contribution in [0.2, 0.25) is 0 Å². The number of anilines is 1. The van der Waals surface area contributed by atoms with Crippen molar-refractivity contribution in [3.05, 3.63) is 29.6 Å². The molecule has 1 fully saturated rings. The van der Waals surface area contributed by atoms with Gasteiger partial charge in [-0.15, -0.1) is 0 Å². The van der Waals surface area contributed by atoms with Crippen molar-refractivity contribution in [2.75, 3.05) is 18.4 Å². The van der Waals surface area contributed by atoms with E-state index in [1.54, 1.807) is 6.07 Å². The Morgan fingerprint density at radius 3 is 3.10 bits per heavy atom. The molecule has 1 heterocycles. The predicted octanol–water partition coefficient (Wildman–Crippen LogP) is 2.42. The highest BCUT2D eigenvalue weighted by molar-refractivity contribution is 5.90. The molecular weight excluding hydrogens is 257 g/mol. The molecule has 106 valence electrons. The van der Waals surface area contributed by atoms with Gasteiger partial charge in [0.1, 0.15) is 11.9 Å². The monoisotopic (exact) mass is 275 g/mol. The second-order valence-electron chi connectivity index (χ2n) is 5.11. The van der Waals surface area contributed by atoms with Crippen LogP contribution in [0, 0.1) is 23.1 Å². The molecule has 0 radical (unpaired) electrons. The minimum Gasteiger partial charge on any atom is -0.326 e. The number of hydrogen-bond acceptors (Lipinski definition) is 3. The molecule has 2 N–H and O–H groups in total. The van der Waals surface area contributed by atoms with E-state index in [2.05, 4.69) is 10.6 Å². The number of carbonyl (C=O) groups is 1. The highest BCUT2D eigenvalue weighted by Gasteiger charge is 2.14. The number of piperidine rings is 1. The van der Waals surface area contributed by atoms with Crippen molar-refractivity contribution in [3.63, 3.8) is 0 Å². The second kappa shape index (κ2) is 7.01. The average molecular weight is 275 g/mol. The lowest BCUT2D eigenvalue weighted by Gasteiger charge is -2.22. The first kappa shape index (κ1) is 14.5. The average Bonchev–Trinajstić information content (AvgIpc) is 2.48. The van der Waals surface area contributed by atoms with Crippen molar-refractivity contribution in [2.45, 2.75) is 25.7 Å². The van der Waals surface area contributed by atoms with Crippen molar-refractivity contribution >= 4 is 11.6 Å². The van der Waals surface area contributed by atoms with Crippen molar-refractivity contribution in [1.29, 1.82) is 5.26 Å². The van der Waals surface area contributed by atoms with Gasteiger partial charge in [-0.2, -0.15) is 5.26 Å². The fourth-order valence-electron chi connectivity index (χ4n) is 2.42. The zero-order valence-corrected chi connectivity index (χ0v) is 11.3. The van der Waals surface area contributed by atoms with Gasteiger partial charge in [0.2, 0.25) is 5.91 Å². The molecule has 4 nitrogen and oxygen atoms in total. The summed E-state index contributed by atoms with van der Waals surface area (Å²) in [6.45, 7) is 2.04. The van der Waals surface area contributed by atoms with Crippen LogP contribution in [0.25, 0.3) is 0 Å². The Morgan fingerprint density at radius 2 is 2.40 bits per heavy atom. The molecule has 1 aliphatic heterocycles. The fourth-order valence-corrected chi connectivity index (χ4v) is 2.42. The molecule has 1 aromatic rings. The summed E-state index contributed by atoms with van der Waals surface area (Å²) in [5.41, 5.74) is 0.411. The Balaban J connectivity index is 1.83. The van der Waals surface area contributed by atoms with Gasteiger partial charge in [0.15, 0.2) is 0 Å². The van der Waals surface area contributed by atoms with E-state index in [0.29, 0.717) is 18.0 Å². The Kier molecular flexibility index (Phi) is 5.08. The summed E-state index contributed by atoms with van der Waals surface area (Å²) < 4.78 is 13.2. The van der Waals surface area contributed by atoms with Crippen molar-refractivity contribution < 1.29 is 9.18 Å². The van der Waals surface area contributed by atoms with Crippen molar-refractivity contribution in [2.24, 2.45) is 5.92 Å². The zero-order chi connectivity index (χ0) is 14.4. The van der Waals surface area contributed by atoms with Gasteiger partial charge >= 0.3 is 0 Å². The third kappa shape index (κ3) is 4.04. The van der Waals surface area contributed by atoms with Crippen LogP contribution < -0.4 is 10.6 Å². The minimum absolute atomic E-state index is 0.0562. The molecule has 1 atom stereocenters. The summed E-state index contributed by atoms with van der Waals surface area (Å²) in [4.78, 5) is 11.8. The van der Waals surface area contributed by atoms with Crippen LogP contribution in [0.1, 0.15) is 31.2 Å². The van der Waals surface area contributed by atoms with E-state index in [1.807, 2.05) is 0 Å². The molecule has 0 bridgehead atoms. The molecule has 2 rings (SSSR count). The molecule has 1 unspecified atom stereocenters. The normalized spacial score (nSPS) is 18.3. The summed E-state index contributed by atoms with van der Waals surface area (Å²) in [5, 5.41) is 14.8. The smallest absolute Gasteiger partial charge is 0.224 e. The third-order valence-electron chi connectivity index (χ3n) is 3.55. The largest absolute Gasteiger partial charge is 0.326 e. The predicted molar refractivity (Wildman–Crippen MR) is 74.6 cm³/mol. The zero-order valence-electron chi connectivity index (χ0n) is 11.3. The molecule has 0 spiro atoms. The summed E-state index contributed by atoms with van der Waals surface area (Å²) in [6.07, 6.45) is 3.63. The second-order valence-corrected chi connectivity index (χ2v) is 5.11. The van der Waals surface area contributed by atoms with E-state index in [1.165, 1.54) is 18.2 Å². The van der Waals surface area contributed by atoms with Crippen LogP contribution in [0.15, 0.2) is 18.2 Å². The molecule has 1 saturated heterocycles. The molecular formula is C15H18FN3O. The van der Waals surface area contributed by atoms with Crippen molar-refractivity contribution in [3.8, 4) is 6.07 Å². The maximum atomic E-state index is 13.2. The highest BCUT2D eigenvalue weighted by Crippen LogP contribution is 2.18. The Morgan fingerprint density at radius 1 is 1.55 bits per heavy atom. The van der Waals surface area contributed by atoms with Crippen LogP contribution in [0.3, 0.4) is 0 Å². The SMILES string of the molecule is N#Cc1cc(NC(=O)CCC2CCCNC2)ccc1F. The summed E-state index contributed by atoms with van der Waals surface area (Å²) >= 11 is 0. The quantitative estimate of drug-likeness (QED) is 0.887. The number of amides is 1. The molecule has 1 aliphatic rings. The number of benzene rings is 1. The van der Waals surface area contributed by atoms with Gasteiger partial charge in [0.25, 0.3) is 0 Å². The summed E-state index contributed by atoms with van der Waals surface area (Å²) in [6, 6.07) is 5.78. The van der Waals surface area contributed by atoms with Gasteiger partial charge in [0.05, 0.1) is 5.56 Å². The highest BCUT2D eigenvalue weighted by atomic mass is 19.1. The standard InChI is InChI=1S/C15H18FN3O/c16-14-5-4-13(8-12(14)9-17)19-15(20)6-3-11-2-1-7-18-10-11/h4-5,8,11,18H,1-3,6-7,10H2,(H,19,20). The molecule has 20 heavy (non-hydrogen) atoms. The Labute approximate surface area is 118 Å². The molecule has 0 saturated carbocycles. The van der Waals surface area contributed by atoms with Gasteiger partial charge in [0, 0.05) is 12.1 Å². The lowest BCUT2D eigenvalue weighted by molar-refractivity contribution is -0.116. The number of nitrogens with zero attached hydrogens (tertiary/aromatic N) is 1. The van der Waals surface area contributed by atoms with Gasteiger partial charge < -0.3 is 10.6 Å². The van der Waals surface area contributed by atoms with Crippen LogP contribution in [0.4, 0.5) is 10.1 Å². The molecule has 0 aliphatic carbocycles. The lowest BCUT2D eigenvalue weighted by Crippen LogP contribution is -2.30. The summed E-state index contributed by atoms with van der Waals surface area (Å²) in [7, 11) is 0. The molecule has 5 heteroatoms. The number of carbonyl (C=O) groups excluding carboxylic acids is 1. The summed E-state index contributed by atoms with van der Waals surface area (Å²) in [5.74, 6) is -0.109. The van der Waals surface area contributed by atoms with Crippen LogP contribution >= 0.6 is 0 Å². The van der Waals surface area contributed by atoms with E-state index >= 15 is 0 Å². The molecule has 1 aromatic carbocycles. The topological polar surface area (TPSA) is 64.9 Å². The van der Waals surface area contributed by atoms with E-state index in [9.17, 15) is 9.18 Å². The molecule has 1 amide bonds. The van der Waals surface area contributed by atoms with Crippen LogP contribution in [0.5, 0.6) is 0 Å². The van der Waals surface area contributed by atoms with E-state index < -0.39 is 5.82 Å². The fraction of sp³-hybridized carbons (Fsp3) is 0.467. The first-order valence-electron chi connectivity index (χ1n) is 6.89. The Hall–Kier alpha value is -1.93. The van der Waals surface area contributed by atoms with Crippen LogP contribution in [-0.2, 0) is 4.79 Å². The maximum absolute atomic E-state index is 13.2. The van der Waals surface area contributed by atoms with Gasteiger partial charge in [-0.1, -0.05) is 0 Å². The van der Waals surface area contributed by atoms with Gasteiger partial charge in [-0.3, -0.25) is 4.79 Å². The minimum atomic E-state index is -0.571. The van der Waals surface area contributed by atoms with E-state index in [0.717, 1.165) is 32.4 Å². The van der Waals surface area contributed by atoms with Gasteiger partial charge in [-0.05, 0) is 56.5 Å².